The molecule has 0 unspecified atom stereocenters. The molecule has 1 saturated carbocycles. The van der Waals surface area contributed by atoms with E-state index < -0.39 is 5.97 Å². The van der Waals surface area contributed by atoms with Crippen LogP contribution < -0.4 is 0 Å². The zero-order chi connectivity index (χ0) is 12.0. The molecular weight excluding hydrogens is 282 g/mol. The third kappa shape index (κ3) is 1.97. The quantitative estimate of drug-likeness (QED) is 0.941. The number of hydrogen-bond donors (Lipinski definition) is 1. The lowest BCUT2D eigenvalue weighted by Gasteiger charge is -2.03. The summed E-state index contributed by atoms with van der Waals surface area (Å²) < 4.78 is 2.99. The Morgan fingerprint density at radius 2 is 2.24 bits per heavy atom. The van der Waals surface area contributed by atoms with Crippen LogP contribution in [0.4, 0.5) is 0 Å². The second kappa shape index (κ2) is 3.88. The Balaban J connectivity index is 2.18. The first kappa shape index (κ1) is 10.8. The first-order chi connectivity index (χ1) is 8.15. The number of aromatic carboxylic acids is 1. The molecular formula is C13H12BrNO2. The fourth-order valence-corrected chi connectivity index (χ4v) is 2.53. The number of rotatable bonds is 3. The number of benzene rings is 1. The lowest BCUT2D eigenvalue weighted by atomic mass is 10.2. The van der Waals surface area contributed by atoms with Crippen molar-refractivity contribution in [2.24, 2.45) is 5.92 Å². The predicted octanol–water partition coefficient (Wildman–Crippen LogP) is 3.51. The molecule has 88 valence electrons. The average Bonchev–Trinajstić information content (AvgIpc) is 3.00. The maximum absolute atomic E-state index is 11.2. The number of fused-ring (bicyclic) bond motifs is 1. The normalized spacial score (nSPS) is 15.4. The molecule has 1 aliphatic carbocycles. The Morgan fingerprint density at radius 3 is 2.88 bits per heavy atom. The fraction of sp³-hybridized carbons (Fsp3) is 0.308. The van der Waals surface area contributed by atoms with Crippen molar-refractivity contribution < 1.29 is 9.90 Å². The second-order valence-corrected chi connectivity index (χ2v) is 5.52. The Bertz CT molecular complexity index is 599. The number of carboxylic acids is 1. The van der Waals surface area contributed by atoms with Crippen molar-refractivity contribution in [2.75, 3.05) is 0 Å². The van der Waals surface area contributed by atoms with Gasteiger partial charge in [-0.3, -0.25) is 0 Å². The summed E-state index contributed by atoms with van der Waals surface area (Å²) in [7, 11) is 0. The minimum atomic E-state index is -0.859. The van der Waals surface area contributed by atoms with E-state index in [9.17, 15) is 9.90 Å². The van der Waals surface area contributed by atoms with Crippen LogP contribution in [0.15, 0.2) is 28.9 Å². The molecule has 1 heterocycles. The number of hydrogen-bond acceptors (Lipinski definition) is 1. The number of carboxylic acid groups (broad SMARTS) is 1. The summed E-state index contributed by atoms with van der Waals surface area (Å²) in [5, 5.41) is 10.0. The minimum Gasteiger partial charge on any atom is -0.478 e. The first-order valence-corrected chi connectivity index (χ1v) is 6.46. The van der Waals surface area contributed by atoms with Gasteiger partial charge >= 0.3 is 5.97 Å². The molecule has 4 heteroatoms. The van der Waals surface area contributed by atoms with Gasteiger partial charge in [-0.05, 0) is 37.0 Å². The van der Waals surface area contributed by atoms with Crippen LogP contribution in [0, 0.1) is 5.92 Å². The van der Waals surface area contributed by atoms with E-state index in [0.29, 0.717) is 5.56 Å². The molecule has 3 nitrogen and oxygen atoms in total. The van der Waals surface area contributed by atoms with Crippen LogP contribution >= 0.6 is 15.9 Å². The number of carbonyl (C=O) groups is 1. The van der Waals surface area contributed by atoms with E-state index in [-0.39, 0.29) is 0 Å². The molecule has 0 spiro atoms. The van der Waals surface area contributed by atoms with E-state index in [1.165, 1.54) is 12.8 Å². The fourth-order valence-electron chi connectivity index (χ4n) is 2.17. The summed E-state index contributed by atoms with van der Waals surface area (Å²) in [5.41, 5.74) is 1.40. The van der Waals surface area contributed by atoms with Crippen molar-refractivity contribution in [3.05, 3.63) is 34.4 Å². The largest absolute Gasteiger partial charge is 0.478 e. The molecule has 3 rings (SSSR count). The summed E-state index contributed by atoms with van der Waals surface area (Å²) in [6, 6.07) is 5.81. The zero-order valence-electron chi connectivity index (χ0n) is 9.19. The van der Waals surface area contributed by atoms with Gasteiger partial charge in [-0.2, -0.15) is 0 Å². The topological polar surface area (TPSA) is 42.2 Å². The van der Waals surface area contributed by atoms with E-state index in [1.807, 2.05) is 18.2 Å². The lowest BCUT2D eigenvalue weighted by molar-refractivity contribution is 0.0698. The Kier molecular flexibility index (Phi) is 2.47. The third-order valence-corrected chi connectivity index (χ3v) is 3.72. The molecule has 0 radical (unpaired) electrons. The van der Waals surface area contributed by atoms with Crippen molar-refractivity contribution in [1.82, 2.24) is 4.57 Å². The van der Waals surface area contributed by atoms with Gasteiger partial charge < -0.3 is 9.67 Å². The minimum absolute atomic E-state index is 0.391. The highest BCUT2D eigenvalue weighted by molar-refractivity contribution is 9.10. The molecule has 0 atom stereocenters. The molecule has 0 bridgehead atoms. The van der Waals surface area contributed by atoms with E-state index >= 15 is 0 Å². The van der Waals surface area contributed by atoms with Crippen molar-refractivity contribution in [1.29, 1.82) is 0 Å². The Labute approximate surface area is 107 Å². The van der Waals surface area contributed by atoms with E-state index in [0.717, 1.165) is 27.8 Å². The van der Waals surface area contributed by atoms with Crippen LogP contribution in [-0.4, -0.2) is 15.6 Å². The van der Waals surface area contributed by atoms with Crippen molar-refractivity contribution >= 4 is 32.8 Å². The van der Waals surface area contributed by atoms with Gasteiger partial charge in [-0.25, -0.2) is 4.79 Å². The molecule has 0 saturated heterocycles. The van der Waals surface area contributed by atoms with Gasteiger partial charge in [0.05, 0.1) is 5.56 Å². The summed E-state index contributed by atoms with van der Waals surface area (Å²) in [4.78, 5) is 11.2. The molecule has 1 aliphatic rings. The van der Waals surface area contributed by atoms with Crippen molar-refractivity contribution in [3.63, 3.8) is 0 Å². The molecule has 1 fully saturated rings. The number of halogens is 1. The van der Waals surface area contributed by atoms with Gasteiger partial charge in [0, 0.05) is 28.1 Å². The maximum atomic E-state index is 11.2. The number of nitrogens with zero attached hydrogens (tertiary/aromatic N) is 1. The standard InChI is InChI=1S/C13H12BrNO2/c14-9-3-4-12-10(5-9)11(13(16)17)7-15(12)6-8-1-2-8/h3-5,7-8H,1-2,6H2,(H,16,17). The highest BCUT2D eigenvalue weighted by Gasteiger charge is 2.23. The Morgan fingerprint density at radius 1 is 1.47 bits per heavy atom. The smallest absolute Gasteiger partial charge is 0.337 e. The molecule has 17 heavy (non-hydrogen) atoms. The second-order valence-electron chi connectivity index (χ2n) is 4.61. The van der Waals surface area contributed by atoms with Gasteiger partial charge in [0.1, 0.15) is 0 Å². The van der Waals surface area contributed by atoms with Gasteiger partial charge in [0.25, 0.3) is 0 Å². The van der Waals surface area contributed by atoms with E-state index in [4.69, 9.17) is 0 Å². The van der Waals surface area contributed by atoms with Gasteiger partial charge in [0.2, 0.25) is 0 Å². The maximum Gasteiger partial charge on any atom is 0.337 e. The number of aromatic nitrogens is 1. The van der Waals surface area contributed by atoms with Crippen molar-refractivity contribution in [3.8, 4) is 0 Å². The highest BCUT2D eigenvalue weighted by Crippen LogP contribution is 2.33. The Hall–Kier alpha value is -1.29. The average molecular weight is 294 g/mol. The molecule has 1 aromatic carbocycles. The summed E-state index contributed by atoms with van der Waals surface area (Å²) in [6.45, 7) is 0.936. The van der Waals surface area contributed by atoms with Gasteiger partial charge in [-0.1, -0.05) is 15.9 Å². The first-order valence-electron chi connectivity index (χ1n) is 5.67. The lowest BCUT2D eigenvalue weighted by Crippen LogP contribution is -1.98. The predicted molar refractivity (Wildman–Crippen MR) is 69.3 cm³/mol. The summed E-state index contributed by atoms with van der Waals surface area (Å²) in [6.07, 6.45) is 4.29. The summed E-state index contributed by atoms with van der Waals surface area (Å²) >= 11 is 3.39. The zero-order valence-corrected chi connectivity index (χ0v) is 10.8. The molecule has 1 N–H and O–H groups in total. The van der Waals surface area contributed by atoms with Gasteiger partial charge in [-0.15, -0.1) is 0 Å². The van der Waals surface area contributed by atoms with Crippen LogP contribution in [-0.2, 0) is 6.54 Å². The molecule has 2 aromatic rings. The van der Waals surface area contributed by atoms with Crippen molar-refractivity contribution in [2.45, 2.75) is 19.4 Å². The van der Waals surface area contributed by atoms with Crippen LogP contribution in [0.2, 0.25) is 0 Å². The van der Waals surface area contributed by atoms with Gasteiger partial charge in [0.15, 0.2) is 0 Å². The molecule has 0 amide bonds. The van der Waals surface area contributed by atoms with Crippen LogP contribution in [0.5, 0.6) is 0 Å². The molecule has 1 aromatic heterocycles. The van der Waals surface area contributed by atoms with Crippen LogP contribution in [0.25, 0.3) is 10.9 Å². The van der Waals surface area contributed by atoms with E-state index in [1.54, 1.807) is 6.20 Å². The summed E-state index contributed by atoms with van der Waals surface area (Å²) in [5.74, 6) is -0.126. The third-order valence-electron chi connectivity index (χ3n) is 3.23. The van der Waals surface area contributed by atoms with Crippen LogP contribution in [0.1, 0.15) is 23.2 Å². The molecule has 0 aliphatic heterocycles. The monoisotopic (exact) mass is 293 g/mol. The SMILES string of the molecule is O=C(O)c1cn(CC2CC2)c2ccc(Br)cc12. The van der Waals surface area contributed by atoms with Crippen LogP contribution in [0.3, 0.4) is 0 Å². The van der Waals surface area contributed by atoms with E-state index in [2.05, 4.69) is 20.5 Å². The highest BCUT2D eigenvalue weighted by atomic mass is 79.9.